The number of fused-ring (bicyclic) bond motifs is 1. The van der Waals surface area contributed by atoms with E-state index in [1.165, 1.54) is 5.56 Å². The molecule has 0 amide bonds. The van der Waals surface area contributed by atoms with E-state index in [1.807, 2.05) is 24.3 Å². The van der Waals surface area contributed by atoms with E-state index in [9.17, 15) is 0 Å². The minimum absolute atomic E-state index is 0.303. The highest BCUT2D eigenvalue weighted by Gasteiger charge is 2.05. The Kier molecular flexibility index (Phi) is 3.29. The molecule has 0 fully saturated rings. The number of para-hydroxylation sites is 1. The lowest BCUT2D eigenvalue weighted by Crippen LogP contribution is -2.08. The summed E-state index contributed by atoms with van der Waals surface area (Å²) < 4.78 is 0. The van der Waals surface area contributed by atoms with Crippen LogP contribution in [-0.4, -0.2) is 16.5 Å². The van der Waals surface area contributed by atoms with Gasteiger partial charge in [0.1, 0.15) is 5.82 Å². The number of hydrogen-bond acceptors (Lipinski definition) is 5. The molecule has 5 heteroatoms. The molecule has 0 radical (unpaired) electrons. The number of nitrogens with one attached hydrogen (secondary N) is 1. The van der Waals surface area contributed by atoms with Gasteiger partial charge in [0.05, 0.1) is 5.52 Å². The van der Waals surface area contributed by atoms with Crippen molar-refractivity contribution in [1.29, 1.82) is 0 Å². The van der Waals surface area contributed by atoms with Gasteiger partial charge in [0, 0.05) is 11.9 Å². The lowest BCUT2D eigenvalue weighted by Gasteiger charge is -2.08. The van der Waals surface area contributed by atoms with Crippen molar-refractivity contribution >= 4 is 34.0 Å². The second-order valence-electron chi connectivity index (χ2n) is 4.26. The Morgan fingerprint density at radius 2 is 2.05 bits per heavy atom. The van der Waals surface area contributed by atoms with Gasteiger partial charge in [-0.25, -0.2) is 4.98 Å². The number of aromatic nitrogens is 2. The van der Waals surface area contributed by atoms with Crippen LogP contribution in [0.3, 0.4) is 0 Å². The van der Waals surface area contributed by atoms with Gasteiger partial charge in [0.2, 0.25) is 5.95 Å². The first-order valence-corrected chi connectivity index (χ1v) is 7.04. The number of nitrogens with zero attached hydrogens (tertiary/aromatic N) is 2. The van der Waals surface area contributed by atoms with Gasteiger partial charge in [-0.05, 0) is 40.9 Å². The van der Waals surface area contributed by atoms with Crippen molar-refractivity contribution in [2.24, 2.45) is 0 Å². The highest BCUT2D eigenvalue weighted by Crippen LogP contribution is 2.20. The average molecular weight is 270 g/mol. The van der Waals surface area contributed by atoms with E-state index in [1.54, 1.807) is 11.3 Å². The molecule has 4 nitrogen and oxygen atoms in total. The molecule has 0 aliphatic carbocycles. The number of nitrogen functional groups attached to an aromatic ring is 1. The summed E-state index contributed by atoms with van der Waals surface area (Å²) in [6.45, 7) is 0.831. The molecule has 0 bridgehead atoms. The predicted octanol–water partition coefficient (Wildman–Crippen LogP) is 2.93. The summed E-state index contributed by atoms with van der Waals surface area (Å²) in [5.74, 6) is 1.11. The maximum atomic E-state index is 5.73. The van der Waals surface area contributed by atoms with Crippen LogP contribution in [0.2, 0.25) is 0 Å². The van der Waals surface area contributed by atoms with Crippen molar-refractivity contribution in [3.63, 3.8) is 0 Å². The van der Waals surface area contributed by atoms with Crippen LogP contribution in [0.5, 0.6) is 0 Å². The Balaban J connectivity index is 1.80. The van der Waals surface area contributed by atoms with Gasteiger partial charge >= 0.3 is 0 Å². The van der Waals surface area contributed by atoms with Crippen LogP contribution in [0.25, 0.3) is 10.9 Å². The summed E-state index contributed by atoms with van der Waals surface area (Å²) in [6, 6.07) is 10.0. The second kappa shape index (κ2) is 5.24. The Labute approximate surface area is 115 Å². The molecule has 0 unspecified atom stereocenters. The molecule has 0 saturated carbocycles. The van der Waals surface area contributed by atoms with Gasteiger partial charge in [-0.15, -0.1) is 0 Å². The zero-order valence-electron chi connectivity index (χ0n) is 10.3. The summed E-state index contributed by atoms with van der Waals surface area (Å²) in [4.78, 5) is 8.50. The highest BCUT2D eigenvalue weighted by molar-refractivity contribution is 7.07. The number of thiophene rings is 1. The van der Waals surface area contributed by atoms with E-state index >= 15 is 0 Å². The largest absolute Gasteiger partial charge is 0.369 e. The van der Waals surface area contributed by atoms with E-state index in [4.69, 9.17) is 5.73 Å². The fraction of sp³-hybridized carbons (Fsp3) is 0.143. The van der Waals surface area contributed by atoms with Gasteiger partial charge in [-0.2, -0.15) is 16.3 Å². The van der Waals surface area contributed by atoms with Crippen LogP contribution >= 0.6 is 11.3 Å². The first kappa shape index (κ1) is 11.9. The number of anilines is 2. The number of rotatable bonds is 4. The van der Waals surface area contributed by atoms with Gasteiger partial charge in [0.15, 0.2) is 0 Å². The fourth-order valence-corrected chi connectivity index (χ4v) is 2.69. The van der Waals surface area contributed by atoms with Crippen molar-refractivity contribution in [2.45, 2.75) is 6.42 Å². The van der Waals surface area contributed by atoms with E-state index in [-0.39, 0.29) is 0 Å². The predicted molar refractivity (Wildman–Crippen MR) is 80.5 cm³/mol. The second-order valence-corrected chi connectivity index (χ2v) is 5.04. The normalized spacial score (nSPS) is 10.7. The van der Waals surface area contributed by atoms with Gasteiger partial charge in [-0.1, -0.05) is 12.1 Å². The molecule has 3 aromatic rings. The van der Waals surface area contributed by atoms with E-state index in [2.05, 4.69) is 32.1 Å². The van der Waals surface area contributed by atoms with Crippen molar-refractivity contribution in [3.8, 4) is 0 Å². The standard InChI is InChI=1S/C14H14N4S/c15-14-17-12-4-2-1-3-11(12)13(18-14)16-7-5-10-6-8-19-9-10/h1-4,6,8-9H,5,7H2,(H3,15,16,17,18). The molecule has 0 aliphatic rings. The summed E-state index contributed by atoms with van der Waals surface area (Å²) in [6.07, 6.45) is 0.974. The summed E-state index contributed by atoms with van der Waals surface area (Å²) in [5.41, 5.74) is 7.94. The van der Waals surface area contributed by atoms with Crippen LogP contribution in [-0.2, 0) is 6.42 Å². The molecular formula is C14H14N4S. The molecule has 2 heterocycles. The smallest absolute Gasteiger partial charge is 0.222 e. The zero-order chi connectivity index (χ0) is 13.1. The minimum atomic E-state index is 0.303. The molecule has 19 heavy (non-hydrogen) atoms. The van der Waals surface area contributed by atoms with Crippen molar-refractivity contribution in [3.05, 3.63) is 46.7 Å². The van der Waals surface area contributed by atoms with Gasteiger partial charge in [-0.3, -0.25) is 0 Å². The molecule has 96 valence electrons. The van der Waals surface area contributed by atoms with Crippen LogP contribution in [0.4, 0.5) is 11.8 Å². The van der Waals surface area contributed by atoms with Gasteiger partial charge in [0.25, 0.3) is 0 Å². The third-order valence-corrected chi connectivity index (χ3v) is 3.64. The molecule has 3 N–H and O–H groups in total. The molecular weight excluding hydrogens is 256 g/mol. The third-order valence-electron chi connectivity index (χ3n) is 2.91. The van der Waals surface area contributed by atoms with E-state index < -0.39 is 0 Å². The quantitative estimate of drug-likeness (QED) is 0.765. The first-order chi connectivity index (χ1) is 9.33. The maximum absolute atomic E-state index is 5.73. The first-order valence-electron chi connectivity index (χ1n) is 6.10. The molecule has 1 aromatic carbocycles. The molecule has 0 atom stereocenters. The molecule has 0 spiro atoms. The third kappa shape index (κ3) is 2.66. The van der Waals surface area contributed by atoms with Gasteiger partial charge < -0.3 is 11.1 Å². The van der Waals surface area contributed by atoms with Crippen LogP contribution < -0.4 is 11.1 Å². The van der Waals surface area contributed by atoms with Crippen molar-refractivity contribution in [1.82, 2.24) is 9.97 Å². The van der Waals surface area contributed by atoms with Crippen LogP contribution in [0, 0.1) is 0 Å². The molecule has 0 aliphatic heterocycles. The van der Waals surface area contributed by atoms with E-state index in [0.717, 1.165) is 29.7 Å². The lowest BCUT2D eigenvalue weighted by atomic mass is 10.2. The monoisotopic (exact) mass is 270 g/mol. The topological polar surface area (TPSA) is 63.8 Å². The van der Waals surface area contributed by atoms with Crippen LogP contribution in [0.15, 0.2) is 41.1 Å². The summed E-state index contributed by atoms with van der Waals surface area (Å²) in [7, 11) is 0. The van der Waals surface area contributed by atoms with Crippen molar-refractivity contribution in [2.75, 3.05) is 17.6 Å². The van der Waals surface area contributed by atoms with Crippen molar-refractivity contribution < 1.29 is 0 Å². The number of hydrogen-bond donors (Lipinski definition) is 2. The minimum Gasteiger partial charge on any atom is -0.369 e. The fourth-order valence-electron chi connectivity index (χ4n) is 1.99. The molecule has 3 rings (SSSR count). The number of benzene rings is 1. The Bertz CT molecular complexity index is 679. The Morgan fingerprint density at radius 1 is 1.16 bits per heavy atom. The number of nitrogens with two attached hydrogens (primary N) is 1. The lowest BCUT2D eigenvalue weighted by molar-refractivity contribution is 1.01. The average Bonchev–Trinajstić information content (AvgIpc) is 2.91. The summed E-state index contributed by atoms with van der Waals surface area (Å²) >= 11 is 1.72. The Morgan fingerprint density at radius 3 is 2.89 bits per heavy atom. The zero-order valence-corrected chi connectivity index (χ0v) is 11.2. The highest BCUT2D eigenvalue weighted by atomic mass is 32.1. The summed E-state index contributed by atoms with van der Waals surface area (Å²) in [5, 5.41) is 8.59. The molecule has 2 aromatic heterocycles. The van der Waals surface area contributed by atoms with Crippen LogP contribution in [0.1, 0.15) is 5.56 Å². The molecule has 0 saturated heterocycles. The SMILES string of the molecule is Nc1nc(NCCc2ccsc2)c2ccccc2n1. The Hall–Kier alpha value is -2.14. The maximum Gasteiger partial charge on any atom is 0.222 e. The van der Waals surface area contributed by atoms with E-state index in [0.29, 0.717) is 5.95 Å².